The van der Waals surface area contributed by atoms with Gasteiger partial charge in [-0.2, -0.15) is 5.10 Å². The summed E-state index contributed by atoms with van der Waals surface area (Å²) in [6, 6.07) is 16.3. The number of nitrogens with one attached hydrogen (secondary N) is 1. The number of aromatic nitrogens is 5. The van der Waals surface area contributed by atoms with Crippen LogP contribution in [0.15, 0.2) is 70.3 Å². The molecular weight excluding hydrogens is 811 g/mol. The normalized spacial score (nSPS) is 16.8. The zero-order valence-electron chi connectivity index (χ0n) is 35.1. The number of aryl methyl sites for hydroxylation is 1. The lowest BCUT2D eigenvalue weighted by Gasteiger charge is -2.39. The molecule has 0 saturated carbocycles. The lowest BCUT2D eigenvalue weighted by Crippen LogP contribution is -2.54. The molecule has 2 amide bonds. The average molecular weight is 856 g/mol. The third-order valence-corrected chi connectivity index (χ3v) is 12.5. The Labute approximate surface area is 359 Å². The number of pyridine rings is 2. The highest BCUT2D eigenvalue weighted by Crippen LogP contribution is 2.43. The van der Waals surface area contributed by atoms with Gasteiger partial charge in [-0.05, 0) is 77.9 Å². The number of esters is 1. The minimum Gasteiger partial charge on any atom is -0.508 e. The topological polar surface area (TPSA) is 222 Å². The minimum absolute atomic E-state index is 0.00289. The number of hydrogen-bond acceptors (Lipinski definition) is 12. The number of carbonyl (C=O) groups is 3. The van der Waals surface area contributed by atoms with E-state index >= 15 is 0 Å². The first-order chi connectivity index (χ1) is 30.2. The van der Waals surface area contributed by atoms with Crippen LogP contribution in [0.1, 0.15) is 73.4 Å². The Morgan fingerprint density at radius 3 is 2.33 bits per heavy atom. The van der Waals surface area contributed by atoms with Gasteiger partial charge in [-0.3, -0.25) is 9.59 Å². The Balaban J connectivity index is 0.894. The van der Waals surface area contributed by atoms with Crippen LogP contribution in [0.25, 0.3) is 39.4 Å². The number of amides is 2. The molecule has 0 spiro atoms. The van der Waals surface area contributed by atoms with Gasteiger partial charge >= 0.3 is 17.8 Å². The van der Waals surface area contributed by atoms with Gasteiger partial charge in [0.05, 0.1) is 46.7 Å². The second-order valence-electron chi connectivity index (χ2n) is 16.4. The van der Waals surface area contributed by atoms with Crippen molar-refractivity contribution in [3.8, 4) is 45.7 Å². The summed E-state index contributed by atoms with van der Waals surface area (Å²) in [6.45, 7) is 8.12. The molecule has 6 aromatic rings. The zero-order valence-corrected chi connectivity index (χ0v) is 35.1. The predicted octanol–water partition coefficient (Wildman–Crippen LogP) is 4.95. The van der Waals surface area contributed by atoms with Crippen LogP contribution >= 0.6 is 0 Å². The monoisotopic (exact) mass is 855 g/mol. The number of aromatic hydroxyl groups is 3. The molecule has 3 aliphatic heterocycles. The standard InChI is InChI=1S/C46H45N7O10/c1-5-28-30-18-27(54)11-12-35(30)47-40-32(28)22-52-36(40)20-34-33(42(52)58)23-62-43(59)46(34,6-2)63-45(61)51-15-13-50(14-16-51)39(57)17-25-7-9-26(10-8-25)53-41(48-49-44(53)60)31-19-29(24(3)4)37(55)21-38(31)56/h7-12,18-21,24,54-56H,5-6,13-17,22-23H2,1-4H3,(H,49,60). The van der Waals surface area contributed by atoms with Gasteiger partial charge in [0.2, 0.25) is 11.5 Å². The van der Waals surface area contributed by atoms with Gasteiger partial charge in [0, 0.05) is 48.8 Å². The minimum atomic E-state index is -1.90. The Hall–Kier alpha value is -7.43. The largest absolute Gasteiger partial charge is 0.508 e. The van der Waals surface area contributed by atoms with Crippen molar-refractivity contribution in [3.63, 3.8) is 0 Å². The molecule has 6 heterocycles. The Morgan fingerprint density at radius 2 is 1.63 bits per heavy atom. The molecule has 3 aliphatic rings. The second kappa shape index (κ2) is 15.5. The SMILES string of the molecule is CCc1c2c(nc3ccc(O)cc13)-c1cc3c(c(=O)n1C2)COC(=O)C3(CC)OC(=O)N1CCN(C(=O)Cc2ccc(-n3c(-c4cc(C(C)C)c(O)cc4O)n[nH]c3=O)cc2)CC1. The molecule has 17 nitrogen and oxygen atoms in total. The van der Waals surface area contributed by atoms with Crippen LogP contribution in [0.5, 0.6) is 17.2 Å². The maximum Gasteiger partial charge on any atom is 0.411 e. The number of rotatable bonds is 8. The van der Waals surface area contributed by atoms with Crippen LogP contribution in [0.2, 0.25) is 0 Å². The molecule has 3 aromatic carbocycles. The first-order valence-corrected chi connectivity index (χ1v) is 20.9. The number of benzene rings is 3. The molecular formula is C46H45N7O10. The van der Waals surface area contributed by atoms with E-state index in [0.717, 1.165) is 16.5 Å². The molecule has 1 unspecified atom stereocenters. The summed E-state index contributed by atoms with van der Waals surface area (Å²) in [5, 5.41) is 38.6. The highest BCUT2D eigenvalue weighted by Gasteiger charge is 2.51. The van der Waals surface area contributed by atoms with Crippen molar-refractivity contribution in [2.24, 2.45) is 0 Å². The molecule has 1 saturated heterocycles. The maximum absolute atomic E-state index is 14.1. The van der Waals surface area contributed by atoms with E-state index in [2.05, 4.69) is 10.2 Å². The number of piperazine rings is 1. The fourth-order valence-electron chi connectivity index (χ4n) is 9.06. The molecule has 17 heteroatoms. The maximum atomic E-state index is 14.1. The van der Waals surface area contributed by atoms with Crippen molar-refractivity contribution in [3.05, 3.63) is 115 Å². The van der Waals surface area contributed by atoms with Crippen LogP contribution in [0.3, 0.4) is 0 Å². The van der Waals surface area contributed by atoms with E-state index in [1.807, 2.05) is 20.8 Å². The highest BCUT2D eigenvalue weighted by molar-refractivity contribution is 5.90. The third kappa shape index (κ3) is 6.74. The van der Waals surface area contributed by atoms with E-state index in [4.69, 9.17) is 14.5 Å². The van der Waals surface area contributed by atoms with Crippen molar-refractivity contribution in [1.82, 2.24) is 34.1 Å². The summed E-state index contributed by atoms with van der Waals surface area (Å²) in [4.78, 5) is 76.1. The number of phenols is 3. The third-order valence-electron chi connectivity index (χ3n) is 12.5. The second-order valence-corrected chi connectivity index (χ2v) is 16.4. The molecule has 1 atom stereocenters. The summed E-state index contributed by atoms with van der Waals surface area (Å²) in [6.07, 6.45) is -0.106. The number of carbonyl (C=O) groups excluding carboxylic acids is 3. The van der Waals surface area contributed by atoms with Gasteiger partial charge in [0.25, 0.3) is 5.56 Å². The first-order valence-electron chi connectivity index (χ1n) is 20.9. The van der Waals surface area contributed by atoms with Crippen LogP contribution in [-0.4, -0.2) is 93.6 Å². The molecule has 0 radical (unpaired) electrons. The number of nitrogens with zero attached hydrogens (tertiary/aromatic N) is 6. The highest BCUT2D eigenvalue weighted by atomic mass is 16.6. The van der Waals surface area contributed by atoms with Crippen molar-refractivity contribution in [1.29, 1.82) is 0 Å². The Kier molecular flexibility index (Phi) is 10.1. The summed E-state index contributed by atoms with van der Waals surface area (Å²) in [5.74, 6) is -1.07. The predicted molar refractivity (Wildman–Crippen MR) is 229 cm³/mol. The van der Waals surface area contributed by atoms with E-state index in [9.17, 15) is 39.3 Å². The number of phenolic OH excluding ortho intramolecular Hbond substituents is 3. The van der Waals surface area contributed by atoms with Crippen LogP contribution in [0, 0.1) is 0 Å². The van der Waals surface area contributed by atoms with E-state index in [1.54, 1.807) is 71.0 Å². The van der Waals surface area contributed by atoms with Crippen molar-refractivity contribution in [2.45, 2.75) is 71.6 Å². The molecule has 63 heavy (non-hydrogen) atoms. The molecule has 9 rings (SSSR count). The lowest BCUT2D eigenvalue weighted by atomic mass is 9.85. The lowest BCUT2D eigenvalue weighted by molar-refractivity contribution is -0.173. The van der Waals surface area contributed by atoms with Crippen LogP contribution < -0.4 is 11.2 Å². The van der Waals surface area contributed by atoms with Gasteiger partial charge in [-0.25, -0.2) is 29.0 Å². The Morgan fingerprint density at radius 1 is 0.905 bits per heavy atom. The van der Waals surface area contributed by atoms with Gasteiger partial charge in [0.15, 0.2) is 5.82 Å². The average Bonchev–Trinajstić information content (AvgIpc) is 3.84. The van der Waals surface area contributed by atoms with Crippen LogP contribution in [-0.2, 0) is 50.7 Å². The fourth-order valence-corrected chi connectivity index (χ4v) is 9.06. The van der Waals surface area contributed by atoms with Gasteiger partial charge in [0.1, 0.15) is 23.9 Å². The molecule has 3 aromatic heterocycles. The van der Waals surface area contributed by atoms with Gasteiger partial charge in [-0.15, -0.1) is 0 Å². The van der Waals surface area contributed by atoms with Crippen molar-refractivity contribution >= 4 is 28.9 Å². The van der Waals surface area contributed by atoms with Crippen molar-refractivity contribution in [2.75, 3.05) is 26.2 Å². The molecule has 4 N–H and O–H groups in total. The van der Waals surface area contributed by atoms with E-state index in [0.29, 0.717) is 40.1 Å². The van der Waals surface area contributed by atoms with Gasteiger partial charge in [-0.1, -0.05) is 39.8 Å². The number of cyclic esters (lactones) is 1. The quantitative estimate of drug-likeness (QED) is 0.149. The summed E-state index contributed by atoms with van der Waals surface area (Å²) < 4.78 is 14.5. The van der Waals surface area contributed by atoms with E-state index in [1.165, 1.54) is 15.5 Å². The van der Waals surface area contributed by atoms with Gasteiger partial charge < -0.3 is 39.2 Å². The smallest absolute Gasteiger partial charge is 0.411 e. The molecule has 324 valence electrons. The number of ether oxygens (including phenoxy) is 2. The molecule has 1 fully saturated rings. The fraction of sp³-hybridized carbons (Fsp3) is 0.326. The number of hydrogen-bond donors (Lipinski definition) is 4. The first kappa shape index (κ1) is 40.9. The summed E-state index contributed by atoms with van der Waals surface area (Å²) in [7, 11) is 0. The summed E-state index contributed by atoms with van der Waals surface area (Å²) in [5.41, 5.74) is 3.17. The molecule has 0 bridgehead atoms. The number of H-pyrrole nitrogens is 1. The van der Waals surface area contributed by atoms with Crippen LogP contribution in [0.4, 0.5) is 4.79 Å². The number of fused-ring (bicyclic) bond motifs is 5. The Bertz CT molecular complexity index is 3000. The molecule has 0 aliphatic carbocycles. The van der Waals surface area contributed by atoms with E-state index in [-0.39, 0.29) is 109 Å². The zero-order chi connectivity index (χ0) is 44.5. The van der Waals surface area contributed by atoms with E-state index < -0.39 is 23.4 Å². The van der Waals surface area contributed by atoms with Crippen molar-refractivity contribution < 1.29 is 39.2 Å². The summed E-state index contributed by atoms with van der Waals surface area (Å²) >= 11 is 0. The number of aromatic amines is 1.